The molecule has 0 saturated heterocycles. The van der Waals surface area contributed by atoms with E-state index in [2.05, 4.69) is 16.0 Å². The Morgan fingerprint density at radius 1 is 1.29 bits per heavy atom. The molecule has 0 unspecified atom stereocenters. The van der Waals surface area contributed by atoms with E-state index in [4.69, 9.17) is 10.5 Å². The van der Waals surface area contributed by atoms with Crippen molar-refractivity contribution in [1.29, 1.82) is 0 Å². The second-order valence-electron chi connectivity index (χ2n) is 3.98. The number of nitrogens with zero attached hydrogens (tertiary/aromatic N) is 2. The number of benzene rings is 1. The zero-order valence-electron chi connectivity index (χ0n) is 9.39. The lowest BCUT2D eigenvalue weighted by molar-refractivity contribution is 0.357. The van der Waals surface area contributed by atoms with Crippen molar-refractivity contribution in [3.05, 3.63) is 41.9 Å². The lowest BCUT2D eigenvalue weighted by Gasteiger charge is -2.04. The Morgan fingerprint density at radius 3 is 3.12 bits per heavy atom. The number of rotatable bonds is 2. The molecule has 0 amide bonds. The first-order chi connectivity index (χ1) is 8.36. The van der Waals surface area contributed by atoms with Crippen LogP contribution in [-0.2, 0) is 13.0 Å². The molecule has 1 aromatic carbocycles. The van der Waals surface area contributed by atoms with Crippen LogP contribution in [0.2, 0.25) is 0 Å². The molecule has 4 nitrogen and oxygen atoms in total. The van der Waals surface area contributed by atoms with Crippen LogP contribution in [-0.4, -0.2) is 16.6 Å². The highest BCUT2D eigenvalue weighted by molar-refractivity contribution is 5.62. The minimum Gasteiger partial charge on any atom is -0.493 e. The predicted molar refractivity (Wildman–Crippen MR) is 64.6 cm³/mol. The Hall–Kier alpha value is -1.94. The molecular formula is C13H13N3O. The summed E-state index contributed by atoms with van der Waals surface area (Å²) >= 11 is 0. The first-order valence-electron chi connectivity index (χ1n) is 5.65. The first-order valence-corrected chi connectivity index (χ1v) is 5.65. The molecule has 0 radical (unpaired) electrons. The van der Waals surface area contributed by atoms with Crippen LogP contribution in [0.4, 0.5) is 0 Å². The summed E-state index contributed by atoms with van der Waals surface area (Å²) in [5, 5.41) is 0. The van der Waals surface area contributed by atoms with Gasteiger partial charge < -0.3 is 10.5 Å². The summed E-state index contributed by atoms with van der Waals surface area (Å²) in [6.45, 7) is 1.14. The average molecular weight is 227 g/mol. The van der Waals surface area contributed by atoms with Crippen LogP contribution in [0.3, 0.4) is 0 Å². The summed E-state index contributed by atoms with van der Waals surface area (Å²) in [4.78, 5) is 8.51. The van der Waals surface area contributed by atoms with Crippen LogP contribution in [0.15, 0.2) is 30.5 Å². The summed E-state index contributed by atoms with van der Waals surface area (Å²) in [6, 6.07) is 8.05. The molecule has 0 atom stereocenters. The fraction of sp³-hybridized carbons (Fsp3) is 0.231. The van der Waals surface area contributed by atoms with Gasteiger partial charge in [0.25, 0.3) is 0 Å². The van der Waals surface area contributed by atoms with E-state index < -0.39 is 0 Å². The normalized spacial score (nSPS) is 13.2. The molecule has 0 spiro atoms. The number of fused-ring (bicyclic) bond motifs is 1. The minimum absolute atomic E-state index is 0.363. The summed E-state index contributed by atoms with van der Waals surface area (Å²) in [5.74, 6) is 1.65. The molecular weight excluding hydrogens is 214 g/mol. The van der Waals surface area contributed by atoms with Gasteiger partial charge in [0.2, 0.25) is 0 Å². The maximum absolute atomic E-state index is 5.54. The summed E-state index contributed by atoms with van der Waals surface area (Å²) in [5.41, 5.74) is 8.79. The van der Waals surface area contributed by atoms with Crippen LogP contribution < -0.4 is 10.5 Å². The second-order valence-corrected chi connectivity index (χ2v) is 3.98. The van der Waals surface area contributed by atoms with Gasteiger partial charge in [-0.15, -0.1) is 0 Å². The molecule has 1 aliphatic rings. The lowest BCUT2D eigenvalue weighted by Crippen LogP contribution is -2.03. The van der Waals surface area contributed by atoms with Gasteiger partial charge in [-0.3, -0.25) is 0 Å². The summed E-state index contributed by atoms with van der Waals surface area (Å²) in [7, 11) is 0. The fourth-order valence-electron chi connectivity index (χ4n) is 2.00. The van der Waals surface area contributed by atoms with Crippen molar-refractivity contribution in [3.63, 3.8) is 0 Å². The number of ether oxygens (including phenoxy) is 1. The van der Waals surface area contributed by atoms with Crippen LogP contribution in [0, 0.1) is 0 Å². The minimum atomic E-state index is 0.363. The Labute approximate surface area is 99.5 Å². The number of aromatic nitrogens is 2. The molecule has 4 heteroatoms. The van der Waals surface area contributed by atoms with E-state index in [0.717, 1.165) is 30.0 Å². The van der Waals surface area contributed by atoms with Gasteiger partial charge in [-0.2, -0.15) is 0 Å². The van der Waals surface area contributed by atoms with Gasteiger partial charge in [-0.25, -0.2) is 9.97 Å². The van der Waals surface area contributed by atoms with Gasteiger partial charge >= 0.3 is 0 Å². The predicted octanol–water partition coefficient (Wildman–Crippen LogP) is 1.54. The number of nitrogens with two attached hydrogens (primary N) is 1. The van der Waals surface area contributed by atoms with Crippen LogP contribution in [0.1, 0.15) is 11.4 Å². The van der Waals surface area contributed by atoms with Gasteiger partial charge in [-0.05, 0) is 29.8 Å². The van der Waals surface area contributed by atoms with Crippen LogP contribution in [0.25, 0.3) is 11.3 Å². The van der Waals surface area contributed by atoms with Gasteiger partial charge in [-0.1, -0.05) is 0 Å². The third-order valence-corrected chi connectivity index (χ3v) is 2.87. The van der Waals surface area contributed by atoms with Crippen molar-refractivity contribution in [1.82, 2.24) is 9.97 Å². The van der Waals surface area contributed by atoms with Crippen molar-refractivity contribution < 1.29 is 4.74 Å². The maximum Gasteiger partial charge on any atom is 0.142 e. The van der Waals surface area contributed by atoms with Gasteiger partial charge in [0.05, 0.1) is 18.8 Å². The zero-order valence-corrected chi connectivity index (χ0v) is 9.39. The molecule has 17 heavy (non-hydrogen) atoms. The Balaban J connectivity index is 2.03. The van der Waals surface area contributed by atoms with E-state index in [1.165, 1.54) is 5.56 Å². The van der Waals surface area contributed by atoms with Crippen molar-refractivity contribution in [3.8, 4) is 17.0 Å². The fourth-order valence-corrected chi connectivity index (χ4v) is 2.00. The third kappa shape index (κ3) is 1.87. The molecule has 86 valence electrons. The van der Waals surface area contributed by atoms with Gasteiger partial charge in [0, 0.05) is 18.2 Å². The Kier molecular flexibility index (Phi) is 2.49. The SMILES string of the molecule is NCc1nccc(-c2ccc3c(c2)CCO3)n1. The van der Waals surface area contributed by atoms with E-state index in [-0.39, 0.29) is 0 Å². The summed E-state index contributed by atoms with van der Waals surface area (Å²) < 4.78 is 5.48. The molecule has 0 saturated carbocycles. The van der Waals surface area contributed by atoms with Crippen LogP contribution in [0.5, 0.6) is 5.75 Å². The zero-order chi connectivity index (χ0) is 11.7. The molecule has 2 heterocycles. The Bertz CT molecular complexity index is 554. The topological polar surface area (TPSA) is 61.0 Å². The lowest BCUT2D eigenvalue weighted by atomic mass is 10.1. The van der Waals surface area contributed by atoms with Crippen molar-refractivity contribution in [2.24, 2.45) is 5.73 Å². The standard InChI is InChI=1S/C13H13N3O/c14-8-13-15-5-3-11(16-13)9-1-2-12-10(7-9)4-6-17-12/h1-3,5,7H,4,6,8,14H2. The molecule has 1 aliphatic heterocycles. The van der Waals surface area contributed by atoms with Crippen molar-refractivity contribution >= 4 is 0 Å². The number of hydrogen-bond donors (Lipinski definition) is 1. The van der Waals surface area contributed by atoms with E-state index >= 15 is 0 Å². The largest absolute Gasteiger partial charge is 0.493 e. The molecule has 3 rings (SSSR count). The molecule has 1 aromatic heterocycles. The maximum atomic E-state index is 5.54. The monoisotopic (exact) mass is 227 g/mol. The van der Waals surface area contributed by atoms with E-state index in [9.17, 15) is 0 Å². The highest BCUT2D eigenvalue weighted by atomic mass is 16.5. The highest BCUT2D eigenvalue weighted by Crippen LogP contribution is 2.29. The van der Waals surface area contributed by atoms with Crippen LogP contribution >= 0.6 is 0 Å². The second kappa shape index (κ2) is 4.14. The Morgan fingerprint density at radius 2 is 2.24 bits per heavy atom. The molecule has 2 aromatic rings. The van der Waals surface area contributed by atoms with Gasteiger partial charge in [0.15, 0.2) is 0 Å². The smallest absolute Gasteiger partial charge is 0.142 e. The highest BCUT2D eigenvalue weighted by Gasteiger charge is 2.13. The van der Waals surface area contributed by atoms with E-state index in [1.54, 1.807) is 6.20 Å². The summed E-state index contributed by atoms with van der Waals surface area (Å²) in [6.07, 6.45) is 2.71. The first kappa shape index (κ1) is 10.2. The molecule has 2 N–H and O–H groups in total. The quantitative estimate of drug-likeness (QED) is 0.845. The van der Waals surface area contributed by atoms with Gasteiger partial charge in [0.1, 0.15) is 11.6 Å². The third-order valence-electron chi connectivity index (χ3n) is 2.87. The van der Waals surface area contributed by atoms with Crippen molar-refractivity contribution in [2.75, 3.05) is 6.61 Å². The molecule has 0 fully saturated rings. The number of hydrogen-bond acceptors (Lipinski definition) is 4. The molecule has 0 bridgehead atoms. The molecule has 0 aliphatic carbocycles. The van der Waals surface area contributed by atoms with E-state index in [0.29, 0.717) is 12.4 Å². The van der Waals surface area contributed by atoms with Crippen molar-refractivity contribution in [2.45, 2.75) is 13.0 Å². The van der Waals surface area contributed by atoms with E-state index in [1.807, 2.05) is 18.2 Å². The average Bonchev–Trinajstić information content (AvgIpc) is 2.86.